The average molecular weight is 496 g/mol. The minimum Gasteiger partial charge on any atom is -0.322 e. The van der Waals surface area contributed by atoms with E-state index in [4.69, 9.17) is 0 Å². The van der Waals surface area contributed by atoms with E-state index in [9.17, 15) is 18.8 Å². The standard InChI is InChI=1S/C24H19BrFN3O3/c25-18-11-12-20(19(26)13-18)27-21(30)15-29-22(31)24(28-23(29)32,17-9-5-2-6-10-17)14-16-7-3-1-4-8-16/h1-13H,14-15H2,(H,27,30)(H,28,32). The Balaban J connectivity index is 1.60. The summed E-state index contributed by atoms with van der Waals surface area (Å²) in [6, 6.07) is 21.7. The Kier molecular flexibility index (Phi) is 6.05. The van der Waals surface area contributed by atoms with Gasteiger partial charge in [-0.2, -0.15) is 0 Å². The highest BCUT2D eigenvalue weighted by molar-refractivity contribution is 9.10. The predicted octanol–water partition coefficient (Wildman–Crippen LogP) is 4.22. The topological polar surface area (TPSA) is 78.5 Å². The molecule has 0 aliphatic carbocycles. The molecule has 0 spiro atoms. The van der Waals surface area contributed by atoms with Gasteiger partial charge in [-0.15, -0.1) is 0 Å². The summed E-state index contributed by atoms with van der Waals surface area (Å²) < 4.78 is 14.6. The van der Waals surface area contributed by atoms with Crippen LogP contribution in [0.5, 0.6) is 0 Å². The number of benzene rings is 3. The maximum absolute atomic E-state index is 14.1. The summed E-state index contributed by atoms with van der Waals surface area (Å²) >= 11 is 3.15. The lowest BCUT2D eigenvalue weighted by atomic mass is 9.83. The predicted molar refractivity (Wildman–Crippen MR) is 121 cm³/mol. The van der Waals surface area contributed by atoms with Crippen molar-refractivity contribution in [2.24, 2.45) is 0 Å². The number of nitrogens with one attached hydrogen (secondary N) is 2. The fourth-order valence-electron chi connectivity index (χ4n) is 3.74. The molecule has 8 heteroatoms. The SMILES string of the molecule is O=C(CN1C(=O)NC(Cc2ccccc2)(c2ccccc2)C1=O)Nc1ccc(Br)cc1F. The van der Waals surface area contributed by atoms with Crippen molar-refractivity contribution in [2.75, 3.05) is 11.9 Å². The van der Waals surface area contributed by atoms with Crippen molar-refractivity contribution < 1.29 is 18.8 Å². The van der Waals surface area contributed by atoms with Gasteiger partial charge in [0.05, 0.1) is 5.69 Å². The highest BCUT2D eigenvalue weighted by atomic mass is 79.9. The highest BCUT2D eigenvalue weighted by Crippen LogP contribution is 2.33. The molecule has 1 atom stereocenters. The van der Waals surface area contributed by atoms with Gasteiger partial charge in [-0.1, -0.05) is 76.6 Å². The van der Waals surface area contributed by atoms with Crippen molar-refractivity contribution >= 4 is 39.5 Å². The molecule has 3 aromatic rings. The molecule has 162 valence electrons. The molecule has 1 aliphatic rings. The lowest BCUT2D eigenvalue weighted by Gasteiger charge is -2.27. The van der Waals surface area contributed by atoms with Crippen LogP contribution in [0.3, 0.4) is 0 Å². The number of hydrogen-bond donors (Lipinski definition) is 2. The number of imide groups is 1. The Morgan fingerprint density at radius 2 is 1.66 bits per heavy atom. The zero-order valence-corrected chi connectivity index (χ0v) is 18.4. The molecule has 32 heavy (non-hydrogen) atoms. The first-order chi connectivity index (χ1) is 15.4. The van der Waals surface area contributed by atoms with Gasteiger partial charge in [0.15, 0.2) is 5.54 Å². The Morgan fingerprint density at radius 3 is 2.31 bits per heavy atom. The largest absolute Gasteiger partial charge is 0.325 e. The Hall–Kier alpha value is -3.52. The third-order valence-corrected chi connectivity index (χ3v) is 5.75. The molecule has 0 radical (unpaired) electrons. The van der Waals surface area contributed by atoms with Crippen LogP contribution >= 0.6 is 15.9 Å². The van der Waals surface area contributed by atoms with E-state index >= 15 is 0 Å². The molecule has 4 rings (SSSR count). The van der Waals surface area contributed by atoms with Crippen molar-refractivity contribution in [1.29, 1.82) is 0 Å². The number of carbonyl (C=O) groups excluding carboxylic acids is 3. The van der Waals surface area contributed by atoms with E-state index in [2.05, 4.69) is 26.6 Å². The van der Waals surface area contributed by atoms with Gasteiger partial charge in [0, 0.05) is 10.9 Å². The van der Waals surface area contributed by atoms with Gasteiger partial charge >= 0.3 is 6.03 Å². The van der Waals surface area contributed by atoms with Crippen molar-refractivity contribution in [1.82, 2.24) is 10.2 Å². The fraction of sp³-hybridized carbons (Fsp3) is 0.125. The molecule has 0 aromatic heterocycles. The molecule has 3 aromatic carbocycles. The number of hydrogen-bond acceptors (Lipinski definition) is 3. The average Bonchev–Trinajstić information content (AvgIpc) is 3.02. The molecule has 4 amide bonds. The highest BCUT2D eigenvalue weighted by Gasteiger charge is 2.52. The number of amides is 4. The summed E-state index contributed by atoms with van der Waals surface area (Å²) in [6.07, 6.45) is 0.224. The maximum atomic E-state index is 14.1. The van der Waals surface area contributed by atoms with E-state index < -0.39 is 35.7 Å². The normalized spacial score (nSPS) is 17.9. The van der Waals surface area contributed by atoms with Crippen LogP contribution in [0, 0.1) is 5.82 Å². The molecular weight excluding hydrogens is 477 g/mol. The Bertz CT molecular complexity index is 1170. The zero-order valence-electron chi connectivity index (χ0n) is 16.8. The van der Waals surface area contributed by atoms with Crippen LogP contribution in [0.15, 0.2) is 83.3 Å². The second-order valence-electron chi connectivity index (χ2n) is 7.43. The third-order valence-electron chi connectivity index (χ3n) is 5.26. The lowest BCUT2D eigenvalue weighted by Crippen LogP contribution is -2.46. The molecule has 0 saturated carbocycles. The van der Waals surface area contributed by atoms with E-state index in [1.807, 2.05) is 36.4 Å². The van der Waals surface area contributed by atoms with Crippen molar-refractivity contribution in [2.45, 2.75) is 12.0 Å². The first kappa shape index (κ1) is 21.7. The summed E-state index contributed by atoms with van der Waals surface area (Å²) in [5, 5.41) is 5.21. The number of rotatable bonds is 6. The molecule has 1 aliphatic heterocycles. The second kappa shape index (κ2) is 8.92. The number of halogens is 2. The minimum absolute atomic E-state index is 0.0381. The monoisotopic (exact) mass is 495 g/mol. The summed E-state index contributed by atoms with van der Waals surface area (Å²) in [7, 11) is 0. The van der Waals surface area contributed by atoms with Crippen molar-refractivity contribution in [3.8, 4) is 0 Å². The zero-order chi connectivity index (χ0) is 22.7. The van der Waals surface area contributed by atoms with Crippen LogP contribution in [0.1, 0.15) is 11.1 Å². The van der Waals surface area contributed by atoms with Gasteiger partial charge in [-0.05, 0) is 29.3 Å². The Morgan fingerprint density at radius 1 is 1.00 bits per heavy atom. The van der Waals surface area contributed by atoms with Gasteiger partial charge in [-0.3, -0.25) is 14.5 Å². The van der Waals surface area contributed by atoms with E-state index in [1.165, 1.54) is 12.1 Å². The van der Waals surface area contributed by atoms with Gasteiger partial charge in [0.2, 0.25) is 5.91 Å². The molecule has 0 bridgehead atoms. The van der Waals surface area contributed by atoms with Gasteiger partial charge in [-0.25, -0.2) is 9.18 Å². The number of anilines is 1. The number of carbonyl (C=O) groups is 3. The summed E-state index contributed by atoms with van der Waals surface area (Å²) in [6.45, 7) is -0.538. The van der Waals surface area contributed by atoms with E-state index in [0.717, 1.165) is 10.5 Å². The minimum atomic E-state index is -1.34. The first-order valence-corrected chi connectivity index (χ1v) is 10.7. The lowest BCUT2D eigenvalue weighted by molar-refractivity contribution is -0.134. The van der Waals surface area contributed by atoms with Crippen LogP contribution in [0.4, 0.5) is 14.9 Å². The molecule has 1 fully saturated rings. The smallest absolute Gasteiger partial charge is 0.322 e. The van der Waals surface area contributed by atoms with E-state index in [0.29, 0.717) is 10.0 Å². The number of urea groups is 1. The molecule has 2 N–H and O–H groups in total. The molecule has 6 nitrogen and oxygen atoms in total. The van der Waals surface area contributed by atoms with Gasteiger partial charge < -0.3 is 10.6 Å². The molecule has 1 heterocycles. The first-order valence-electron chi connectivity index (χ1n) is 9.87. The third kappa shape index (κ3) is 4.27. The van der Waals surface area contributed by atoms with Crippen molar-refractivity contribution in [3.05, 3.63) is 100 Å². The summed E-state index contributed by atoms with van der Waals surface area (Å²) in [5.74, 6) is -1.85. The molecule has 1 saturated heterocycles. The summed E-state index contributed by atoms with van der Waals surface area (Å²) in [5.41, 5.74) is 0.0872. The molecular formula is C24H19BrFN3O3. The second-order valence-corrected chi connectivity index (χ2v) is 8.34. The van der Waals surface area contributed by atoms with E-state index in [-0.39, 0.29) is 12.1 Å². The van der Waals surface area contributed by atoms with Gasteiger partial charge in [0.25, 0.3) is 5.91 Å². The quantitative estimate of drug-likeness (QED) is 0.502. The van der Waals surface area contributed by atoms with Crippen LogP contribution < -0.4 is 10.6 Å². The van der Waals surface area contributed by atoms with Crippen LogP contribution in [0.2, 0.25) is 0 Å². The van der Waals surface area contributed by atoms with Crippen LogP contribution in [-0.4, -0.2) is 29.3 Å². The van der Waals surface area contributed by atoms with Crippen molar-refractivity contribution in [3.63, 3.8) is 0 Å². The maximum Gasteiger partial charge on any atom is 0.325 e. The van der Waals surface area contributed by atoms with Crippen LogP contribution in [0.25, 0.3) is 0 Å². The van der Waals surface area contributed by atoms with Crippen LogP contribution in [-0.2, 0) is 21.5 Å². The molecule has 1 unspecified atom stereocenters. The number of nitrogens with zero attached hydrogens (tertiary/aromatic N) is 1. The fourth-order valence-corrected chi connectivity index (χ4v) is 4.07. The summed E-state index contributed by atoms with van der Waals surface area (Å²) in [4.78, 5) is 39.7. The van der Waals surface area contributed by atoms with Gasteiger partial charge in [0.1, 0.15) is 12.4 Å². The Labute approximate surface area is 192 Å². The van der Waals surface area contributed by atoms with E-state index in [1.54, 1.807) is 30.3 Å².